The third kappa shape index (κ3) is 4.37. The lowest BCUT2D eigenvalue weighted by Gasteiger charge is -2.32. The van der Waals surface area contributed by atoms with Gasteiger partial charge in [0.15, 0.2) is 0 Å². The minimum atomic E-state index is 0.0122. The number of aryl methyl sites for hydroxylation is 1. The van der Waals surface area contributed by atoms with Crippen LogP contribution in [0.2, 0.25) is 0 Å². The zero-order chi connectivity index (χ0) is 18.6. The molecule has 2 amide bonds. The van der Waals surface area contributed by atoms with Crippen molar-refractivity contribution in [2.24, 2.45) is 5.92 Å². The molecule has 4 rings (SSSR count). The van der Waals surface area contributed by atoms with Gasteiger partial charge in [-0.3, -0.25) is 14.5 Å². The number of hydrogen-bond donors (Lipinski definition) is 2. The predicted molar refractivity (Wildman–Crippen MR) is 106 cm³/mol. The highest BCUT2D eigenvalue weighted by atomic mass is 16.2. The summed E-state index contributed by atoms with van der Waals surface area (Å²) >= 11 is 0. The quantitative estimate of drug-likeness (QED) is 0.875. The molecule has 1 saturated heterocycles. The molecule has 0 bridgehead atoms. The zero-order valence-corrected chi connectivity index (χ0v) is 15.4. The molecule has 0 aliphatic carbocycles. The van der Waals surface area contributed by atoms with Gasteiger partial charge in [0, 0.05) is 30.9 Å². The Morgan fingerprint density at radius 3 is 2.85 bits per heavy atom. The van der Waals surface area contributed by atoms with Crippen LogP contribution in [-0.2, 0) is 22.6 Å². The summed E-state index contributed by atoms with van der Waals surface area (Å²) in [6, 6.07) is 16.1. The van der Waals surface area contributed by atoms with Crippen molar-refractivity contribution in [2.45, 2.75) is 32.2 Å². The lowest BCUT2D eigenvalue weighted by molar-refractivity contribution is -0.121. The first-order valence-electron chi connectivity index (χ1n) is 9.67. The molecule has 1 unspecified atom stereocenters. The Labute approximate surface area is 159 Å². The van der Waals surface area contributed by atoms with Crippen molar-refractivity contribution in [2.75, 3.05) is 23.7 Å². The van der Waals surface area contributed by atoms with Crippen LogP contribution in [0, 0.1) is 5.92 Å². The second kappa shape index (κ2) is 7.92. The fourth-order valence-electron chi connectivity index (χ4n) is 3.96. The van der Waals surface area contributed by atoms with Gasteiger partial charge in [-0.05, 0) is 55.1 Å². The van der Waals surface area contributed by atoms with E-state index in [1.807, 2.05) is 24.3 Å². The van der Waals surface area contributed by atoms with Crippen molar-refractivity contribution in [1.82, 2.24) is 4.90 Å². The maximum absolute atomic E-state index is 12.8. The van der Waals surface area contributed by atoms with Crippen molar-refractivity contribution in [3.63, 3.8) is 0 Å². The lowest BCUT2D eigenvalue weighted by Crippen LogP contribution is -2.40. The van der Waals surface area contributed by atoms with Gasteiger partial charge in [0.2, 0.25) is 11.8 Å². The number of piperidine rings is 1. The maximum Gasteiger partial charge on any atom is 0.228 e. The number of rotatable bonds is 4. The van der Waals surface area contributed by atoms with Crippen molar-refractivity contribution >= 4 is 23.2 Å². The number of nitrogens with one attached hydrogen (secondary N) is 2. The van der Waals surface area contributed by atoms with E-state index in [-0.39, 0.29) is 17.7 Å². The summed E-state index contributed by atoms with van der Waals surface area (Å²) in [6.07, 6.45) is 3.19. The van der Waals surface area contributed by atoms with Gasteiger partial charge >= 0.3 is 0 Å². The minimum absolute atomic E-state index is 0.0122. The summed E-state index contributed by atoms with van der Waals surface area (Å²) in [7, 11) is 0. The van der Waals surface area contributed by atoms with Gasteiger partial charge in [-0.25, -0.2) is 0 Å². The first kappa shape index (κ1) is 17.7. The van der Waals surface area contributed by atoms with Crippen LogP contribution in [0.4, 0.5) is 11.4 Å². The van der Waals surface area contributed by atoms with E-state index in [2.05, 4.69) is 39.8 Å². The van der Waals surface area contributed by atoms with Crippen LogP contribution < -0.4 is 10.6 Å². The number of likely N-dealkylation sites (tertiary alicyclic amines) is 1. The summed E-state index contributed by atoms with van der Waals surface area (Å²) in [5.74, 6) is 0.158. The van der Waals surface area contributed by atoms with Crippen molar-refractivity contribution < 1.29 is 9.59 Å². The first-order chi connectivity index (χ1) is 13.2. The third-order valence-electron chi connectivity index (χ3n) is 5.39. The molecule has 2 aromatic rings. The molecule has 1 atom stereocenters. The molecule has 2 heterocycles. The standard InChI is InChI=1S/C22H25N3O2/c26-21-11-8-17-13-19(9-10-20(17)24-21)23-22(27)18-7-4-12-25(15-18)14-16-5-2-1-3-6-16/h1-3,5-6,9-10,13,18H,4,7-8,11-12,14-15H2,(H,23,27)(H,24,26). The van der Waals surface area contributed by atoms with Gasteiger partial charge in [0.25, 0.3) is 0 Å². The Morgan fingerprint density at radius 2 is 2.00 bits per heavy atom. The van der Waals surface area contributed by atoms with E-state index in [9.17, 15) is 9.59 Å². The van der Waals surface area contributed by atoms with Crippen LogP contribution in [0.5, 0.6) is 0 Å². The number of carbonyl (C=O) groups excluding carboxylic acids is 2. The molecule has 0 aromatic heterocycles. The van der Waals surface area contributed by atoms with Crippen molar-refractivity contribution in [3.05, 3.63) is 59.7 Å². The molecule has 5 nitrogen and oxygen atoms in total. The second-order valence-electron chi connectivity index (χ2n) is 7.47. The summed E-state index contributed by atoms with van der Waals surface area (Å²) < 4.78 is 0. The molecule has 27 heavy (non-hydrogen) atoms. The Bertz CT molecular complexity index is 835. The van der Waals surface area contributed by atoms with Crippen LogP contribution in [-0.4, -0.2) is 29.8 Å². The zero-order valence-electron chi connectivity index (χ0n) is 15.4. The molecular formula is C22H25N3O2. The highest BCUT2D eigenvalue weighted by molar-refractivity contribution is 5.96. The van der Waals surface area contributed by atoms with Crippen molar-refractivity contribution in [3.8, 4) is 0 Å². The summed E-state index contributed by atoms with van der Waals surface area (Å²) in [6.45, 7) is 2.72. The average Bonchev–Trinajstić information content (AvgIpc) is 2.69. The Kier molecular flexibility index (Phi) is 5.21. The molecule has 2 aliphatic rings. The molecule has 1 fully saturated rings. The van der Waals surface area contributed by atoms with Gasteiger partial charge < -0.3 is 10.6 Å². The molecule has 2 N–H and O–H groups in total. The van der Waals surface area contributed by atoms with Crippen molar-refractivity contribution in [1.29, 1.82) is 0 Å². The highest BCUT2D eigenvalue weighted by Gasteiger charge is 2.26. The normalized spacial score (nSPS) is 19.9. The minimum Gasteiger partial charge on any atom is -0.326 e. The van der Waals surface area contributed by atoms with E-state index in [0.29, 0.717) is 6.42 Å². The van der Waals surface area contributed by atoms with E-state index in [1.165, 1.54) is 5.56 Å². The first-order valence-corrected chi connectivity index (χ1v) is 9.67. The molecule has 2 aliphatic heterocycles. The van der Waals surface area contributed by atoms with E-state index in [4.69, 9.17) is 0 Å². The van der Waals surface area contributed by atoms with E-state index in [1.54, 1.807) is 0 Å². The monoisotopic (exact) mass is 363 g/mol. The Balaban J connectivity index is 1.37. The molecular weight excluding hydrogens is 338 g/mol. The number of nitrogens with zero attached hydrogens (tertiary/aromatic N) is 1. The number of amides is 2. The third-order valence-corrected chi connectivity index (χ3v) is 5.39. The number of anilines is 2. The molecule has 0 spiro atoms. The SMILES string of the molecule is O=C1CCc2cc(NC(=O)C3CCCN(Cc4ccccc4)C3)ccc2N1. The number of fused-ring (bicyclic) bond motifs is 1. The van der Waals surface area contributed by atoms with E-state index < -0.39 is 0 Å². The van der Waals surface area contributed by atoms with Gasteiger partial charge in [-0.2, -0.15) is 0 Å². The molecule has 2 aromatic carbocycles. The van der Waals surface area contributed by atoms with Crippen LogP contribution in [0.25, 0.3) is 0 Å². The highest BCUT2D eigenvalue weighted by Crippen LogP contribution is 2.27. The lowest BCUT2D eigenvalue weighted by atomic mass is 9.96. The Morgan fingerprint density at radius 1 is 1.15 bits per heavy atom. The number of hydrogen-bond acceptors (Lipinski definition) is 3. The van der Waals surface area contributed by atoms with Crippen LogP contribution >= 0.6 is 0 Å². The van der Waals surface area contributed by atoms with Crippen LogP contribution in [0.1, 0.15) is 30.4 Å². The smallest absolute Gasteiger partial charge is 0.228 e. The molecule has 0 radical (unpaired) electrons. The fourth-order valence-corrected chi connectivity index (χ4v) is 3.96. The van der Waals surface area contributed by atoms with Gasteiger partial charge in [-0.15, -0.1) is 0 Å². The Hall–Kier alpha value is -2.66. The topological polar surface area (TPSA) is 61.4 Å². The number of benzene rings is 2. The maximum atomic E-state index is 12.8. The molecule has 140 valence electrons. The summed E-state index contributed by atoms with van der Waals surface area (Å²) in [4.78, 5) is 26.6. The largest absolute Gasteiger partial charge is 0.326 e. The molecule has 0 saturated carbocycles. The number of carbonyl (C=O) groups is 2. The molecule has 5 heteroatoms. The van der Waals surface area contributed by atoms with Crippen LogP contribution in [0.15, 0.2) is 48.5 Å². The summed E-state index contributed by atoms with van der Waals surface area (Å²) in [5, 5.41) is 5.95. The van der Waals surface area contributed by atoms with Gasteiger partial charge in [0.1, 0.15) is 0 Å². The van der Waals surface area contributed by atoms with E-state index >= 15 is 0 Å². The summed E-state index contributed by atoms with van der Waals surface area (Å²) in [5.41, 5.74) is 4.04. The van der Waals surface area contributed by atoms with Crippen LogP contribution in [0.3, 0.4) is 0 Å². The van der Waals surface area contributed by atoms with Gasteiger partial charge in [-0.1, -0.05) is 30.3 Å². The van der Waals surface area contributed by atoms with E-state index in [0.717, 1.165) is 55.8 Å². The average molecular weight is 363 g/mol. The second-order valence-corrected chi connectivity index (χ2v) is 7.47. The predicted octanol–water partition coefficient (Wildman–Crippen LogP) is 3.42. The fraction of sp³-hybridized carbons (Fsp3) is 0.364. The van der Waals surface area contributed by atoms with Gasteiger partial charge in [0.05, 0.1) is 5.92 Å².